The monoisotopic (exact) mass is 156 g/mol. The third-order valence-electron chi connectivity index (χ3n) is 1.84. The maximum Gasteiger partial charge on any atom is 0.0791 e. The van der Waals surface area contributed by atoms with E-state index in [4.69, 9.17) is 0 Å². The van der Waals surface area contributed by atoms with E-state index >= 15 is 0 Å². The number of rotatable bonds is 2. The molecule has 0 bridgehead atoms. The van der Waals surface area contributed by atoms with Gasteiger partial charge in [-0.3, -0.25) is 4.90 Å². The van der Waals surface area contributed by atoms with Gasteiger partial charge in [-0.15, -0.1) is 6.58 Å². The van der Waals surface area contributed by atoms with Crippen LogP contribution in [0.1, 0.15) is 0 Å². The molecule has 0 aromatic heterocycles. The Morgan fingerprint density at radius 2 is 2.55 bits per heavy atom. The Hall–Kier alpha value is -0.380. The zero-order chi connectivity index (χ0) is 8.10. The highest BCUT2D eigenvalue weighted by Gasteiger charge is 2.13. The van der Waals surface area contributed by atoms with Crippen LogP contribution in [0.3, 0.4) is 0 Å². The van der Waals surface area contributed by atoms with Crippen molar-refractivity contribution in [3.8, 4) is 0 Å². The Morgan fingerprint density at radius 3 is 3.27 bits per heavy atom. The van der Waals surface area contributed by atoms with E-state index in [-0.39, 0.29) is 6.10 Å². The molecule has 0 radical (unpaired) electrons. The third-order valence-corrected chi connectivity index (χ3v) is 1.84. The molecule has 3 nitrogen and oxygen atoms in total. The summed E-state index contributed by atoms with van der Waals surface area (Å²) in [5, 5.41) is 12.5. The van der Waals surface area contributed by atoms with Crippen LogP contribution < -0.4 is 5.32 Å². The summed E-state index contributed by atoms with van der Waals surface area (Å²) in [4.78, 5) is 2.19. The van der Waals surface area contributed by atoms with E-state index < -0.39 is 0 Å². The summed E-state index contributed by atoms with van der Waals surface area (Å²) >= 11 is 0. The molecule has 1 unspecified atom stereocenters. The Morgan fingerprint density at radius 1 is 1.73 bits per heavy atom. The summed E-state index contributed by atoms with van der Waals surface area (Å²) in [6, 6.07) is 0. The third kappa shape index (κ3) is 3.01. The van der Waals surface area contributed by atoms with Crippen LogP contribution in [-0.4, -0.2) is 48.8 Å². The van der Waals surface area contributed by atoms with Crippen molar-refractivity contribution in [2.75, 3.05) is 32.7 Å². The number of nitrogens with zero attached hydrogens (tertiary/aromatic N) is 1. The van der Waals surface area contributed by atoms with Gasteiger partial charge < -0.3 is 10.4 Å². The molecule has 1 rings (SSSR count). The maximum absolute atomic E-state index is 9.35. The van der Waals surface area contributed by atoms with E-state index in [1.54, 1.807) is 0 Å². The Kier molecular flexibility index (Phi) is 3.56. The molecule has 0 saturated carbocycles. The Labute approximate surface area is 67.7 Å². The second-order valence-corrected chi connectivity index (χ2v) is 2.91. The fourth-order valence-electron chi connectivity index (χ4n) is 1.31. The molecule has 1 heterocycles. The lowest BCUT2D eigenvalue weighted by atomic mass is 10.3. The van der Waals surface area contributed by atoms with Crippen LogP contribution in [0.15, 0.2) is 12.7 Å². The van der Waals surface area contributed by atoms with Gasteiger partial charge in [-0.05, 0) is 0 Å². The number of nitrogens with one attached hydrogen (secondary N) is 1. The van der Waals surface area contributed by atoms with Crippen molar-refractivity contribution in [3.63, 3.8) is 0 Å². The van der Waals surface area contributed by atoms with Gasteiger partial charge in [0.1, 0.15) is 0 Å². The lowest BCUT2D eigenvalue weighted by molar-refractivity contribution is 0.136. The fraction of sp³-hybridized carbons (Fsp3) is 0.750. The molecule has 1 aliphatic rings. The highest BCUT2D eigenvalue weighted by Crippen LogP contribution is 1.95. The molecule has 1 aliphatic heterocycles. The minimum Gasteiger partial charge on any atom is -0.390 e. The summed E-state index contributed by atoms with van der Waals surface area (Å²) in [5.74, 6) is 0. The molecule has 0 aromatic rings. The minimum atomic E-state index is -0.225. The van der Waals surface area contributed by atoms with Crippen molar-refractivity contribution in [2.45, 2.75) is 6.10 Å². The summed E-state index contributed by atoms with van der Waals surface area (Å²) < 4.78 is 0. The van der Waals surface area contributed by atoms with Crippen molar-refractivity contribution in [3.05, 3.63) is 12.7 Å². The minimum absolute atomic E-state index is 0.225. The Balaban J connectivity index is 2.32. The summed E-state index contributed by atoms with van der Waals surface area (Å²) in [7, 11) is 0. The zero-order valence-electron chi connectivity index (χ0n) is 6.79. The van der Waals surface area contributed by atoms with Gasteiger partial charge in [0.15, 0.2) is 0 Å². The SMILES string of the molecule is C=CCN1CCNCC(O)C1. The average molecular weight is 156 g/mol. The van der Waals surface area contributed by atoms with Gasteiger partial charge in [0, 0.05) is 32.7 Å². The first-order valence-corrected chi connectivity index (χ1v) is 4.05. The molecule has 64 valence electrons. The zero-order valence-corrected chi connectivity index (χ0v) is 6.79. The highest BCUT2D eigenvalue weighted by molar-refractivity contribution is 4.78. The van der Waals surface area contributed by atoms with E-state index in [9.17, 15) is 5.11 Å². The molecule has 3 heteroatoms. The van der Waals surface area contributed by atoms with Crippen LogP contribution in [0.4, 0.5) is 0 Å². The van der Waals surface area contributed by atoms with E-state index in [2.05, 4.69) is 16.8 Å². The normalized spacial score (nSPS) is 27.9. The lowest BCUT2D eigenvalue weighted by Gasteiger charge is -2.18. The van der Waals surface area contributed by atoms with Gasteiger partial charge in [-0.2, -0.15) is 0 Å². The number of hydrogen-bond donors (Lipinski definition) is 2. The van der Waals surface area contributed by atoms with Gasteiger partial charge in [0.2, 0.25) is 0 Å². The van der Waals surface area contributed by atoms with E-state index in [1.807, 2.05) is 6.08 Å². The molecule has 1 fully saturated rings. The molecular formula is C8H16N2O. The van der Waals surface area contributed by atoms with Crippen molar-refractivity contribution in [1.29, 1.82) is 0 Å². The molecule has 0 aromatic carbocycles. The first-order valence-electron chi connectivity index (χ1n) is 4.05. The van der Waals surface area contributed by atoms with Crippen molar-refractivity contribution >= 4 is 0 Å². The van der Waals surface area contributed by atoms with Crippen LogP contribution in [0, 0.1) is 0 Å². The summed E-state index contributed by atoms with van der Waals surface area (Å²) in [5.41, 5.74) is 0. The molecule has 0 aliphatic carbocycles. The van der Waals surface area contributed by atoms with E-state index in [0.717, 1.165) is 26.2 Å². The predicted octanol–water partition coefficient (Wildman–Crippen LogP) is -0.562. The number of hydrogen-bond acceptors (Lipinski definition) is 3. The van der Waals surface area contributed by atoms with Crippen molar-refractivity contribution < 1.29 is 5.11 Å². The topological polar surface area (TPSA) is 35.5 Å². The molecule has 0 spiro atoms. The fourth-order valence-corrected chi connectivity index (χ4v) is 1.31. The molecular weight excluding hydrogens is 140 g/mol. The van der Waals surface area contributed by atoms with Crippen LogP contribution >= 0.6 is 0 Å². The highest BCUT2D eigenvalue weighted by atomic mass is 16.3. The van der Waals surface area contributed by atoms with Gasteiger partial charge in [0.25, 0.3) is 0 Å². The molecule has 11 heavy (non-hydrogen) atoms. The Bertz CT molecular complexity index is 127. The molecule has 1 atom stereocenters. The van der Waals surface area contributed by atoms with Crippen molar-refractivity contribution in [1.82, 2.24) is 10.2 Å². The standard InChI is InChI=1S/C8H16N2O/c1-2-4-10-5-3-9-6-8(11)7-10/h2,8-9,11H,1,3-7H2. The quantitative estimate of drug-likeness (QED) is 0.526. The number of aliphatic hydroxyl groups excluding tert-OH is 1. The molecule has 0 amide bonds. The van der Waals surface area contributed by atoms with Gasteiger partial charge >= 0.3 is 0 Å². The largest absolute Gasteiger partial charge is 0.390 e. The smallest absolute Gasteiger partial charge is 0.0791 e. The first-order chi connectivity index (χ1) is 5.33. The van der Waals surface area contributed by atoms with Crippen LogP contribution in [0.2, 0.25) is 0 Å². The van der Waals surface area contributed by atoms with Crippen LogP contribution in [0.5, 0.6) is 0 Å². The lowest BCUT2D eigenvalue weighted by Crippen LogP contribution is -2.32. The van der Waals surface area contributed by atoms with Crippen molar-refractivity contribution in [2.24, 2.45) is 0 Å². The van der Waals surface area contributed by atoms with Gasteiger partial charge in [0.05, 0.1) is 6.10 Å². The number of aliphatic hydroxyl groups is 1. The second kappa shape index (κ2) is 4.49. The second-order valence-electron chi connectivity index (χ2n) is 2.91. The molecule has 1 saturated heterocycles. The number of β-amino-alcohol motifs (C(OH)–C–C–N with tert-alkyl or cyclic N) is 1. The van der Waals surface area contributed by atoms with E-state index in [1.165, 1.54) is 0 Å². The van der Waals surface area contributed by atoms with Gasteiger partial charge in [-0.1, -0.05) is 6.08 Å². The van der Waals surface area contributed by atoms with E-state index in [0.29, 0.717) is 6.54 Å². The van der Waals surface area contributed by atoms with Crippen LogP contribution in [0.25, 0.3) is 0 Å². The predicted molar refractivity (Wildman–Crippen MR) is 45.5 cm³/mol. The average Bonchev–Trinajstić information content (AvgIpc) is 2.15. The van der Waals surface area contributed by atoms with Crippen LogP contribution in [-0.2, 0) is 0 Å². The molecule has 2 N–H and O–H groups in total. The summed E-state index contributed by atoms with van der Waals surface area (Å²) in [6.45, 7) is 7.99. The maximum atomic E-state index is 9.35. The first kappa shape index (κ1) is 8.71. The summed E-state index contributed by atoms with van der Waals surface area (Å²) in [6.07, 6.45) is 1.65. The van der Waals surface area contributed by atoms with Gasteiger partial charge in [-0.25, -0.2) is 0 Å².